The van der Waals surface area contributed by atoms with Crippen molar-refractivity contribution in [1.82, 2.24) is 9.88 Å². The number of carbonyl (C=O) groups is 1. The number of benzene rings is 1. The maximum absolute atomic E-state index is 12.7. The molecule has 1 aliphatic heterocycles. The molecular formula is C19H23N3O3S. The molecule has 1 fully saturated rings. The lowest BCUT2D eigenvalue weighted by atomic mass is 10.00. The quantitative estimate of drug-likeness (QED) is 0.805. The molecule has 1 aliphatic rings. The zero-order valence-corrected chi connectivity index (χ0v) is 15.8. The summed E-state index contributed by atoms with van der Waals surface area (Å²) in [5, 5.41) is 0. The second-order valence-electron chi connectivity index (χ2n) is 6.75. The normalized spacial score (nSPS) is 17.3. The number of likely N-dealkylation sites (tertiary alicyclic amines) is 1. The summed E-state index contributed by atoms with van der Waals surface area (Å²) in [6.45, 7) is 1.48. The Morgan fingerprint density at radius 2 is 2.00 bits per heavy atom. The standard InChI is InChI=1S/C19H23N3O3S/c1-21(26(2,24)25)18-7-5-17(6-8-18)19(23)22-11-9-16(14-22)12-15-4-3-10-20-13-15/h3-8,10,13,16H,9,11-12,14H2,1-2H3. The third-order valence-corrected chi connectivity index (χ3v) is 6.00. The molecule has 2 heterocycles. The Bertz CT molecular complexity index is 867. The highest BCUT2D eigenvalue weighted by atomic mass is 32.2. The van der Waals surface area contributed by atoms with Gasteiger partial charge in [0.2, 0.25) is 10.0 Å². The SMILES string of the molecule is CN(c1ccc(C(=O)N2CCC(Cc3cccnc3)C2)cc1)S(C)(=O)=O. The number of anilines is 1. The lowest BCUT2D eigenvalue weighted by molar-refractivity contribution is 0.0787. The van der Waals surface area contributed by atoms with Crippen LogP contribution < -0.4 is 4.31 Å². The van der Waals surface area contributed by atoms with E-state index in [9.17, 15) is 13.2 Å². The van der Waals surface area contributed by atoms with Gasteiger partial charge in [-0.2, -0.15) is 0 Å². The van der Waals surface area contributed by atoms with Crippen molar-refractivity contribution < 1.29 is 13.2 Å². The molecular weight excluding hydrogens is 350 g/mol. The first-order valence-electron chi connectivity index (χ1n) is 8.57. The molecule has 3 rings (SSSR count). The summed E-state index contributed by atoms with van der Waals surface area (Å²) in [6.07, 6.45) is 6.70. The highest BCUT2D eigenvalue weighted by molar-refractivity contribution is 7.92. The van der Waals surface area contributed by atoms with E-state index in [1.807, 2.05) is 17.2 Å². The summed E-state index contributed by atoms with van der Waals surface area (Å²) in [5.41, 5.74) is 2.32. The lowest BCUT2D eigenvalue weighted by Crippen LogP contribution is -2.29. The van der Waals surface area contributed by atoms with Crippen LogP contribution in [0.3, 0.4) is 0 Å². The first kappa shape index (κ1) is 18.4. The van der Waals surface area contributed by atoms with Crippen LogP contribution in [0.1, 0.15) is 22.3 Å². The van der Waals surface area contributed by atoms with Gasteiger partial charge < -0.3 is 4.90 Å². The molecule has 0 N–H and O–H groups in total. The zero-order valence-electron chi connectivity index (χ0n) is 15.0. The van der Waals surface area contributed by atoms with E-state index in [-0.39, 0.29) is 5.91 Å². The Morgan fingerprint density at radius 3 is 2.62 bits per heavy atom. The summed E-state index contributed by atoms with van der Waals surface area (Å²) >= 11 is 0. The van der Waals surface area contributed by atoms with Crippen molar-refractivity contribution in [2.75, 3.05) is 30.7 Å². The molecule has 1 aromatic heterocycles. The number of aromatic nitrogens is 1. The van der Waals surface area contributed by atoms with Crippen molar-refractivity contribution in [3.63, 3.8) is 0 Å². The number of pyridine rings is 1. The molecule has 0 spiro atoms. The topological polar surface area (TPSA) is 70.6 Å². The van der Waals surface area contributed by atoms with Crippen LogP contribution in [-0.2, 0) is 16.4 Å². The average Bonchev–Trinajstić information content (AvgIpc) is 3.09. The average molecular weight is 373 g/mol. The minimum Gasteiger partial charge on any atom is -0.338 e. The van der Waals surface area contributed by atoms with Crippen LogP contribution in [0.5, 0.6) is 0 Å². The van der Waals surface area contributed by atoms with Crippen molar-refractivity contribution in [2.24, 2.45) is 5.92 Å². The van der Waals surface area contributed by atoms with E-state index >= 15 is 0 Å². The van der Waals surface area contributed by atoms with Gasteiger partial charge in [0.05, 0.1) is 11.9 Å². The number of rotatable bonds is 5. The molecule has 1 atom stereocenters. The van der Waals surface area contributed by atoms with Crippen LogP contribution in [0.15, 0.2) is 48.8 Å². The van der Waals surface area contributed by atoms with Gasteiger partial charge in [-0.15, -0.1) is 0 Å². The van der Waals surface area contributed by atoms with Crippen molar-refractivity contribution >= 4 is 21.6 Å². The molecule has 6 nitrogen and oxygen atoms in total. The van der Waals surface area contributed by atoms with Crippen LogP contribution in [0.2, 0.25) is 0 Å². The molecule has 26 heavy (non-hydrogen) atoms. The van der Waals surface area contributed by atoms with E-state index in [2.05, 4.69) is 11.1 Å². The second-order valence-corrected chi connectivity index (χ2v) is 8.76. The number of sulfonamides is 1. The number of amides is 1. The van der Waals surface area contributed by atoms with Crippen LogP contribution in [-0.4, -0.2) is 50.6 Å². The van der Waals surface area contributed by atoms with Gasteiger partial charge in [0.25, 0.3) is 5.91 Å². The van der Waals surface area contributed by atoms with E-state index in [1.54, 1.807) is 30.5 Å². The molecule has 0 aliphatic carbocycles. The molecule has 1 amide bonds. The Labute approximate surface area is 154 Å². The Morgan fingerprint density at radius 1 is 1.27 bits per heavy atom. The minimum atomic E-state index is -3.31. The molecule has 1 unspecified atom stereocenters. The second kappa shape index (κ2) is 7.45. The van der Waals surface area contributed by atoms with Gasteiger partial charge in [-0.1, -0.05) is 6.07 Å². The molecule has 7 heteroatoms. The summed E-state index contributed by atoms with van der Waals surface area (Å²) in [5.74, 6) is 0.436. The van der Waals surface area contributed by atoms with Crippen LogP contribution in [0, 0.1) is 5.92 Å². The molecule has 0 radical (unpaired) electrons. The third-order valence-electron chi connectivity index (χ3n) is 4.80. The van der Waals surface area contributed by atoms with Crippen molar-refractivity contribution in [1.29, 1.82) is 0 Å². The first-order valence-corrected chi connectivity index (χ1v) is 10.4. The summed E-state index contributed by atoms with van der Waals surface area (Å²) in [6, 6.07) is 10.7. The molecule has 138 valence electrons. The van der Waals surface area contributed by atoms with Gasteiger partial charge in [-0.3, -0.25) is 14.1 Å². The fraction of sp³-hybridized carbons (Fsp3) is 0.368. The fourth-order valence-electron chi connectivity index (χ4n) is 3.22. The Kier molecular flexibility index (Phi) is 5.27. The summed E-state index contributed by atoms with van der Waals surface area (Å²) < 4.78 is 24.4. The zero-order chi connectivity index (χ0) is 18.7. The van der Waals surface area contributed by atoms with E-state index in [0.29, 0.717) is 17.2 Å². The smallest absolute Gasteiger partial charge is 0.253 e. The van der Waals surface area contributed by atoms with Gasteiger partial charge in [0, 0.05) is 38.1 Å². The van der Waals surface area contributed by atoms with Gasteiger partial charge >= 0.3 is 0 Å². The van der Waals surface area contributed by atoms with Crippen molar-refractivity contribution in [3.8, 4) is 0 Å². The third kappa shape index (κ3) is 4.22. The van der Waals surface area contributed by atoms with E-state index in [1.165, 1.54) is 16.9 Å². The lowest BCUT2D eigenvalue weighted by Gasteiger charge is -2.19. The molecule has 2 aromatic rings. The molecule has 1 aromatic carbocycles. The van der Waals surface area contributed by atoms with E-state index < -0.39 is 10.0 Å². The Hall–Kier alpha value is -2.41. The van der Waals surface area contributed by atoms with Crippen LogP contribution >= 0.6 is 0 Å². The summed E-state index contributed by atoms with van der Waals surface area (Å²) in [4.78, 5) is 18.7. The number of nitrogens with zero attached hydrogens (tertiary/aromatic N) is 3. The Balaban J connectivity index is 1.63. The maximum atomic E-state index is 12.7. The summed E-state index contributed by atoms with van der Waals surface area (Å²) in [7, 11) is -1.81. The van der Waals surface area contributed by atoms with Gasteiger partial charge in [0.15, 0.2) is 0 Å². The van der Waals surface area contributed by atoms with E-state index in [0.717, 1.165) is 32.2 Å². The van der Waals surface area contributed by atoms with Crippen LogP contribution in [0.25, 0.3) is 0 Å². The monoisotopic (exact) mass is 373 g/mol. The van der Waals surface area contributed by atoms with Crippen LogP contribution in [0.4, 0.5) is 5.69 Å². The van der Waals surface area contributed by atoms with E-state index in [4.69, 9.17) is 0 Å². The van der Waals surface area contributed by atoms with Crippen molar-refractivity contribution in [2.45, 2.75) is 12.8 Å². The molecule has 1 saturated heterocycles. The highest BCUT2D eigenvalue weighted by Crippen LogP contribution is 2.23. The number of hydrogen-bond donors (Lipinski definition) is 0. The van der Waals surface area contributed by atoms with Gasteiger partial charge in [-0.05, 0) is 54.7 Å². The minimum absolute atomic E-state index is 0.00718. The first-order chi connectivity index (χ1) is 12.3. The van der Waals surface area contributed by atoms with Gasteiger partial charge in [-0.25, -0.2) is 8.42 Å². The van der Waals surface area contributed by atoms with Gasteiger partial charge in [0.1, 0.15) is 0 Å². The predicted octanol–water partition coefficient (Wildman–Crippen LogP) is 2.18. The maximum Gasteiger partial charge on any atom is 0.253 e. The molecule has 0 saturated carbocycles. The fourth-order valence-corrected chi connectivity index (χ4v) is 3.73. The largest absolute Gasteiger partial charge is 0.338 e. The highest BCUT2D eigenvalue weighted by Gasteiger charge is 2.27. The predicted molar refractivity (Wildman–Crippen MR) is 102 cm³/mol. The number of carbonyl (C=O) groups excluding carboxylic acids is 1. The number of hydrogen-bond acceptors (Lipinski definition) is 4. The van der Waals surface area contributed by atoms with Crippen molar-refractivity contribution in [3.05, 3.63) is 59.9 Å². The molecule has 0 bridgehead atoms.